The number of halogens is 2. The Balaban J connectivity index is 2.81. The topological polar surface area (TPSA) is 38.7 Å². The molecule has 36 valence electrons. The van der Waals surface area contributed by atoms with E-state index in [9.17, 15) is 0 Å². The van der Waals surface area contributed by atoms with Gasteiger partial charge in [0.15, 0.2) is 5.34 Å². The molecule has 0 N–H and O–H groups in total. The Kier molecular flexibility index (Phi) is 4.61. The number of nitrogens with zero attached hydrogens (tertiary/aromatic N) is 1. The van der Waals surface area contributed by atoms with Crippen molar-refractivity contribution in [1.29, 1.82) is 0 Å². The third kappa shape index (κ3) is 4.86. The highest BCUT2D eigenvalue weighted by Crippen LogP contribution is 2.09. The van der Waals surface area contributed by atoms with E-state index in [4.69, 9.17) is 4.91 Å². The van der Waals surface area contributed by atoms with E-state index in [1.165, 1.54) is 0 Å². The van der Waals surface area contributed by atoms with Crippen molar-refractivity contribution in [3.05, 3.63) is 4.91 Å². The molecule has 0 radical (unpaired) electrons. The fourth-order valence-corrected chi connectivity index (χ4v) is 0.218. The first kappa shape index (κ1) is 6.86. The first-order valence-corrected chi connectivity index (χ1v) is 3.53. The predicted octanol–water partition coefficient (Wildman–Crippen LogP) is 1.84. The van der Waals surface area contributed by atoms with Crippen molar-refractivity contribution in [2.75, 3.05) is 0 Å². The van der Waals surface area contributed by atoms with E-state index >= 15 is 0 Å². The van der Waals surface area contributed by atoms with Crippen LogP contribution in [-0.2, 0) is 4.84 Å². The largest absolute Gasteiger partial charge is 0.339 e. The minimum absolute atomic E-state index is 0.141. The van der Waals surface area contributed by atoms with Crippen LogP contribution < -0.4 is 0 Å². The zero-order valence-corrected chi connectivity index (χ0v) is 6.91. The summed E-state index contributed by atoms with van der Waals surface area (Å²) in [4.78, 5) is 13.2. The van der Waals surface area contributed by atoms with Crippen LogP contribution in [0, 0.1) is 4.91 Å². The number of hydrogen-bond acceptors (Lipinski definition) is 3. The maximum Gasteiger partial charge on any atom is 0.230 e. The van der Waals surface area contributed by atoms with Gasteiger partial charge in [0.05, 0.1) is 0 Å². The van der Waals surface area contributed by atoms with E-state index in [1.54, 1.807) is 0 Å². The normalized spacial score (nSPS) is 8.50. The van der Waals surface area contributed by atoms with Gasteiger partial charge in [-0.2, -0.15) is 0 Å². The average Bonchev–Trinajstić information content (AvgIpc) is 1.35. The molecule has 0 aromatic heterocycles. The van der Waals surface area contributed by atoms with Crippen LogP contribution in [0.15, 0.2) is 5.34 Å². The van der Waals surface area contributed by atoms with Crippen molar-refractivity contribution in [3.63, 3.8) is 0 Å². The van der Waals surface area contributed by atoms with Gasteiger partial charge in [-0.1, -0.05) is 0 Å². The molecule has 0 aliphatic carbocycles. The van der Waals surface area contributed by atoms with Gasteiger partial charge in [-0.25, -0.2) is 0 Å². The van der Waals surface area contributed by atoms with E-state index in [0.717, 1.165) is 0 Å². The van der Waals surface area contributed by atoms with E-state index < -0.39 is 0 Å². The Bertz CT molecular complexity index is 46.8. The van der Waals surface area contributed by atoms with Crippen LogP contribution in [-0.4, -0.2) is 2.12 Å². The second-order valence-corrected chi connectivity index (χ2v) is 5.09. The van der Waals surface area contributed by atoms with Crippen molar-refractivity contribution >= 4 is 45.2 Å². The first-order chi connectivity index (χ1) is 2.77. The van der Waals surface area contributed by atoms with Gasteiger partial charge in [0.25, 0.3) is 0 Å². The Morgan fingerprint density at radius 3 is 2.17 bits per heavy atom. The lowest BCUT2D eigenvalue weighted by molar-refractivity contribution is 0.188. The first-order valence-electron chi connectivity index (χ1n) is 1.04. The molecule has 0 amide bonds. The summed E-state index contributed by atoms with van der Waals surface area (Å²) in [7, 11) is 0. The lowest BCUT2D eigenvalue weighted by Crippen LogP contribution is -1.81. The molecule has 3 nitrogen and oxygen atoms in total. The summed E-state index contributed by atoms with van der Waals surface area (Å²) in [5.41, 5.74) is 0. The number of alkyl halides is 2. The number of rotatable bonds is 2. The van der Waals surface area contributed by atoms with Crippen molar-refractivity contribution < 1.29 is 4.84 Å². The van der Waals surface area contributed by atoms with Crippen molar-refractivity contribution in [1.82, 2.24) is 0 Å². The third-order valence-corrected chi connectivity index (χ3v) is 0.578. The van der Waals surface area contributed by atoms with E-state index in [0.29, 0.717) is 0 Å². The minimum Gasteiger partial charge on any atom is -0.339 e. The third-order valence-electron chi connectivity index (χ3n) is 0.123. The molecule has 0 atom stereocenters. The second-order valence-electron chi connectivity index (χ2n) is 0.441. The molecule has 0 saturated heterocycles. The van der Waals surface area contributed by atoms with Crippen molar-refractivity contribution in [2.24, 2.45) is 5.34 Å². The van der Waals surface area contributed by atoms with Crippen molar-refractivity contribution in [2.45, 2.75) is 2.12 Å². The molecule has 0 aromatic rings. The smallest absolute Gasteiger partial charge is 0.230 e. The summed E-state index contributed by atoms with van der Waals surface area (Å²) in [6.07, 6.45) is 0. The highest BCUT2D eigenvalue weighted by atomic mass is 127. The minimum atomic E-state index is -0.141. The van der Waals surface area contributed by atoms with Gasteiger partial charge in [0.1, 0.15) is 0 Å². The molecule has 0 aromatic carbocycles. The Morgan fingerprint density at radius 1 is 1.67 bits per heavy atom. The molecule has 5 heteroatoms. The number of hydrogen-bond donors (Lipinski definition) is 0. The Morgan fingerprint density at radius 2 is 2.17 bits per heavy atom. The van der Waals surface area contributed by atoms with Crippen molar-refractivity contribution in [3.8, 4) is 0 Å². The predicted molar refractivity (Wildman–Crippen MR) is 38.7 cm³/mol. The van der Waals surface area contributed by atoms with E-state index in [-0.39, 0.29) is 2.12 Å². The fraction of sp³-hybridized carbons (Fsp3) is 1.00. The van der Waals surface area contributed by atoms with Gasteiger partial charge in [0.2, 0.25) is 2.12 Å². The van der Waals surface area contributed by atoms with Crippen LogP contribution in [0.25, 0.3) is 0 Å². The molecule has 0 heterocycles. The molecule has 0 saturated carbocycles. The van der Waals surface area contributed by atoms with Gasteiger partial charge in [-0.15, -0.1) is 4.91 Å². The van der Waals surface area contributed by atoms with Crippen LogP contribution >= 0.6 is 45.2 Å². The van der Waals surface area contributed by atoms with Crippen LogP contribution in [0.1, 0.15) is 0 Å². The fourth-order valence-electron chi connectivity index (χ4n) is 0.0325. The van der Waals surface area contributed by atoms with Crippen LogP contribution in [0.5, 0.6) is 0 Å². The summed E-state index contributed by atoms with van der Waals surface area (Å²) in [5, 5.41) is 2.17. The molecular formula is CHI2NO2. The van der Waals surface area contributed by atoms with Gasteiger partial charge in [-0.3, -0.25) is 0 Å². The van der Waals surface area contributed by atoms with Gasteiger partial charge >= 0.3 is 0 Å². The van der Waals surface area contributed by atoms with Gasteiger partial charge in [0, 0.05) is 0 Å². The summed E-state index contributed by atoms with van der Waals surface area (Å²) < 4.78 is -0.141. The SMILES string of the molecule is O=NOC(I)I. The summed E-state index contributed by atoms with van der Waals surface area (Å²) in [5.74, 6) is 0. The maximum atomic E-state index is 9.13. The lowest BCUT2D eigenvalue weighted by Gasteiger charge is -1.88. The molecule has 0 bridgehead atoms. The average molecular weight is 313 g/mol. The molecule has 0 fully saturated rings. The van der Waals surface area contributed by atoms with E-state index in [2.05, 4.69) is 10.2 Å². The molecular weight excluding hydrogens is 312 g/mol. The monoisotopic (exact) mass is 313 g/mol. The van der Waals surface area contributed by atoms with Crippen LogP contribution in [0.4, 0.5) is 0 Å². The van der Waals surface area contributed by atoms with Crippen LogP contribution in [0.2, 0.25) is 0 Å². The second kappa shape index (κ2) is 4.03. The summed E-state index contributed by atoms with van der Waals surface area (Å²) in [6, 6.07) is 0. The Labute approximate surface area is 62.0 Å². The highest BCUT2D eigenvalue weighted by Gasteiger charge is 1.91. The molecule has 0 aliphatic heterocycles. The molecule has 0 aliphatic rings. The molecule has 0 spiro atoms. The van der Waals surface area contributed by atoms with Gasteiger partial charge < -0.3 is 4.84 Å². The van der Waals surface area contributed by atoms with Gasteiger partial charge in [-0.05, 0) is 45.2 Å². The molecule has 0 rings (SSSR count). The standard InChI is InChI=1S/CHI2NO2/c2-1(3)6-4-5/h1H. The quantitative estimate of drug-likeness (QED) is 0.338. The Hall–Kier alpha value is 0.860. The molecule has 0 unspecified atom stereocenters. The van der Waals surface area contributed by atoms with E-state index in [1.807, 2.05) is 45.2 Å². The maximum absolute atomic E-state index is 9.13. The zero-order valence-electron chi connectivity index (χ0n) is 2.60. The summed E-state index contributed by atoms with van der Waals surface area (Å²) >= 11 is 3.83. The highest BCUT2D eigenvalue weighted by molar-refractivity contribution is 14.2. The lowest BCUT2D eigenvalue weighted by atomic mass is 11.7. The molecule has 6 heavy (non-hydrogen) atoms. The zero-order chi connectivity index (χ0) is 4.99. The summed E-state index contributed by atoms with van der Waals surface area (Å²) in [6.45, 7) is 0. The van der Waals surface area contributed by atoms with Crippen LogP contribution in [0.3, 0.4) is 0 Å².